The van der Waals surface area contributed by atoms with Gasteiger partial charge in [-0.2, -0.15) is 0 Å². The largest absolute Gasteiger partial charge is 0.0778 e. The topological polar surface area (TPSA) is 0 Å². The van der Waals surface area contributed by atoms with Crippen LogP contribution in [0.4, 0.5) is 0 Å². The minimum absolute atomic E-state index is 0.624. The van der Waals surface area contributed by atoms with Crippen molar-refractivity contribution in [1.82, 2.24) is 0 Å². The summed E-state index contributed by atoms with van der Waals surface area (Å²) in [7, 11) is 0. The minimum atomic E-state index is 0.624. The van der Waals surface area contributed by atoms with Crippen molar-refractivity contribution in [2.45, 2.75) is 53.4 Å². The Kier molecular flexibility index (Phi) is 3.94. The molecule has 0 aliphatic heterocycles. The molecule has 2 atom stereocenters. The van der Waals surface area contributed by atoms with Gasteiger partial charge in [-0.3, -0.25) is 0 Å². The van der Waals surface area contributed by atoms with Crippen molar-refractivity contribution in [2.75, 3.05) is 0 Å². The average molecular weight is 242 g/mol. The lowest BCUT2D eigenvalue weighted by atomic mass is 9.71. The van der Waals surface area contributed by atoms with Crippen LogP contribution in [0.1, 0.15) is 56.2 Å². The molecule has 2 rings (SSSR count). The van der Waals surface area contributed by atoms with E-state index in [2.05, 4.69) is 58.9 Å². The van der Waals surface area contributed by atoms with E-state index < -0.39 is 0 Å². The number of hydrogen-bond acceptors (Lipinski definition) is 0. The molecule has 98 valence electrons. The van der Waals surface area contributed by atoms with Gasteiger partial charge in [-0.05, 0) is 56.6 Å². The van der Waals surface area contributed by atoms with E-state index in [1.807, 2.05) is 0 Å². The van der Waals surface area contributed by atoms with E-state index in [4.69, 9.17) is 0 Å². The summed E-state index contributed by atoms with van der Waals surface area (Å²) in [4.78, 5) is 0. The summed E-state index contributed by atoms with van der Waals surface area (Å²) in [6.07, 6.45) is 5.15. The van der Waals surface area contributed by atoms with Gasteiger partial charge in [0.2, 0.25) is 0 Å². The Bertz CT molecular complexity index is 451. The Labute approximate surface area is 112 Å². The molecule has 1 aliphatic carbocycles. The van der Waals surface area contributed by atoms with E-state index in [1.165, 1.54) is 24.0 Å². The van der Waals surface area contributed by atoms with Crippen LogP contribution in [0.2, 0.25) is 0 Å². The Morgan fingerprint density at radius 3 is 2.44 bits per heavy atom. The number of hydrogen-bond donors (Lipinski definition) is 0. The third kappa shape index (κ3) is 2.68. The third-order valence-electron chi connectivity index (χ3n) is 4.44. The fraction of sp³-hybridized carbons (Fsp3) is 0.556. The maximum Gasteiger partial charge on any atom is 0.00540 e. The van der Waals surface area contributed by atoms with Crippen molar-refractivity contribution >= 4 is 0 Å². The van der Waals surface area contributed by atoms with Crippen molar-refractivity contribution in [2.24, 2.45) is 11.8 Å². The summed E-state index contributed by atoms with van der Waals surface area (Å²) < 4.78 is 0. The molecule has 0 heterocycles. The number of allylic oxidation sites excluding steroid dienone is 2. The van der Waals surface area contributed by atoms with Crippen LogP contribution in [0.5, 0.6) is 0 Å². The van der Waals surface area contributed by atoms with Crippen molar-refractivity contribution in [3.8, 4) is 0 Å². The van der Waals surface area contributed by atoms with Gasteiger partial charge in [0.1, 0.15) is 0 Å². The van der Waals surface area contributed by atoms with Gasteiger partial charge in [0.15, 0.2) is 0 Å². The van der Waals surface area contributed by atoms with Crippen LogP contribution < -0.4 is 0 Å². The lowest BCUT2D eigenvalue weighted by Crippen LogP contribution is -2.21. The lowest BCUT2D eigenvalue weighted by molar-refractivity contribution is 0.315. The molecule has 0 spiro atoms. The van der Waals surface area contributed by atoms with Crippen LogP contribution in [0, 0.1) is 25.7 Å². The molecular weight excluding hydrogens is 216 g/mol. The second-order valence-electron chi connectivity index (χ2n) is 6.35. The van der Waals surface area contributed by atoms with Gasteiger partial charge in [-0.1, -0.05) is 49.3 Å². The molecule has 0 aromatic heterocycles. The molecular formula is C18H26. The molecule has 0 amide bonds. The van der Waals surface area contributed by atoms with Gasteiger partial charge < -0.3 is 0 Å². The molecule has 0 fully saturated rings. The maximum absolute atomic E-state index is 2.52. The average Bonchev–Trinajstić information content (AvgIpc) is 2.28. The van der Waals surface area contributed by atoms with Gasteiger partial charge in [0.05, 0.1) is 0 Å². The zero-order valence-corrected chi connectivity index (χ0v) is 12.5. The molecule has 18 heavy (non-hydrogen) atoms. The summed E-state index contributed by atoms with van der Waals surface area (Å²) in [6.45, 7) is 11.5. The van der Waals surface area contributed by atoms with Crippen LogP contribution in [0.15, 0.2) is 29.8 Å². The second kappa shape index (κ2) is 5.30. The smallest absolute Gasteiger partial charge is 0.00540 e. The molecule has 0 N–H and O–H groups in total. The van der Waals surface area contributed by atoms with Crippen molar-refractivity contribution < 1.29 is 0 Å². The van der Waals surface area contributed by atoms with Crippen LogP contribution in [0.25, 0.3) is 0 Å². The zero-order chi connectivity index (χ0) is 13.3. The molecule has 0 nitrogen and oxygen atoms in total. The molecule has 0 heteroatoms. The quantitative estimate of drug-likeness (QED) is 0.609. The van der Waals surface area contributed by atoms with E-state index in [1.54, 1.807) is 11.1 Å². The predicted molar refractivity (Wildman–Crippen MR) is 80.0 cm³/mol. The fourth-order valence-electron chi connectivity index (χ4n) is 3.36. The normalized spacial score (nSPS) is 24.2. The van der Waals surface area contributed by atoms with E-state index in [0.717, 1.165) is 11.8 Å². The first-order valence-corrected chi connectivity index (χ1v) is 7.23. The van der Waals surface area contributed by atoms with E-state index in [-0.39, 0.29) is 0 Å². The first-order valence-electron chi connectivity index (χ1n) is 7.23. The number of rotatable bonds is 2. The van der Waals surface area contributed by atoms with E-state index in [0.29, 0.717) is 5.92 Å². The Balaban J connectivity index is 2.41. The summed E-state index contributed by atoms with van der Waals surface area (Å²) in [5, 5.41) is 0. The van der Waals surface area contributed by atoms with Gasteiger partial charge in [0, 0.05) is 5.92 Å². The number of aryl methyl sites for hydroxylation is 2. The standard InChI is InChI=1S/C18H26/c1-12(2)16-8-6-14(4)11-18(16)17-9-7-13(3)10-15(17)5/h7,9-12,16,18H,6,8H2,1-5H3/t16-,18?/m0/s1. The summed E-state index contributed by atoms with van der Waals surface area (Å²) in [6, 6.07) is 6.93. The van der Waals surface area contributed by atoms with Gasteiger partial charge in [-0.15, -0.1) is 0 Å². The first kappa shape index (κ1) is 13.4. The molecule has 0 saturated heterocycles. The highest BCUT2D eigenvalue weighted by Crippen LogP contribution is 2.41. The Morgan fingerprint density at radius 2 is 1.83 bits per heavy atom. The van der Waals surface area contributed by atoms with E-state index >= 15 is 0 Å². The molecule has 0 saturated carbocycles. The summed E-state index contributed by atoms with van der Waals surface area (Å²) in [5.74, 6) is 2.19. The SMILES string of the molecule is CC1=CC(c2ccc(C)cc2C)[C@H](C(C)C)CC1. The summed E-state index contributed by atoms with van der Waals surface area (Å²) in [5.41, 5.74) is 5.93. The third-order valence-corrected chi connectivity index (χ3v) is 4.44. The van der Waals surface area contributed by atoms with Crippen LogP contribution >= 0.6 is 0 Å². The minimum Gasteiger partial charge on any atom is -0.0778 e. The Hall–Kier alpha value is -1.04. The number of benzene rings is 1. The van der Waals surface area contributed by atoms with Gasteiger partial charge in [-0.25, -0.2) is 0 Å². The van der Waals surface area contributed by atoms with Gasteiger partial charge >= 0.3 is 0 Å². The second-order valence-corrected chi connectivity index (χ2v) is 6.35. The van der Waals surface area contributed by atoms with Crippen molar-refractivity contribution in [1.29, 1.82) is 0 Å². The fourth-order valence-corrected chi connectivity index (χ4v) is 3.36. The molecule has 1 aromatic rings. The zero-order valence-electron chi connectivity index (χ0n) is 12.5. The molecule has 1 aromatic carbocycles. The highest BCUT2D eigenvalue weighted by molar-refractivity contribution is 5.37. The predicted octanol–water partition coefficient (Wildman–Crippen LogP) is 5.40. The van der Waals surface area contributed by atoms with Crippen LogP contribution in [-0.2, 0) is 0 Å². The summed E-state index contributed by atoms with van der Waals surface area (Å²) >= 11 is 0. The molecule has 1 unspecified atom stereocenters. The Morgan fingerprint density at radius 1 is 1.11 bits per heavy atom. The molecule has 0 radical (unpaired) electrons. The maximum atomic E-state index is 2.52. The van der Waals surface area contributed by atoms with Crippen LogP contribution in [0.3, 0.4) is 0 Å². The highest BCUT2D eigenvalue weighted by Gasteiger charge is 2.28. The van der Waals surface area contributed by atoms with Crippen molar-refractivity contribution in [3.63, 3.8) is 0 Å². The van der Waals surface area contributed by atoms with Crippen molar-refractivity contribution in [3.05, 3.63) is 46.5 Å². The molecule has 0 bridgehead atoms. The lowest BCUT2D eigenvalue weighted by Gasteiger charge is -2.34. The monoisotopic (exact) mass is 242 g/mol. The molecule has 1 aliphatic rings. The van der Waals surface area contributed by atoms with Crippen LogP contribution in [-0.4, -0.2) is 0 Å². The highest BCUT2D eigenvalue weighted by atomic mass is 14.3. The van der Waals surface area contributed by atoms with E-state index in [9.17, 15) is 0 Å². The van der Waals surface area contributed by atoms with Gasteiger partial charge in [0.25, 0.3) is 0 Å². The first-order chi connectivity index (χ1) is 8.49.